The summed E-state index contributed by atoms with van der Waals surface area (Å²) in [6.07, 6.45) is 3.75. The first-order chi connectivity index (χ1) is 10.4. The zero-order chi connectivity index (χ0) is 16.3. The lowest BCUT2D eigenvalue weighted by Crippen LogP contribution is -2.32. The lowest BCUT2D eigenvalue weighted by Gasteiger charge is -2.19. The highest BCUT2D eigenvalue weighted by molar-refractivity contribution is 7.98. The first-order valence-corrected chi connectivity index (χ1v) is 8.78. The SMILES string of the molecule is CCC1(C)CC1C(=O)NC(CC(=O)O)c1ccc(SC)cc1. The molecule has 1 aliphatic carbocycles. The lowest BCUT2D eigenvalue weighted by atomic mass is 10.0. The van der Waals surface area contributed by atoms with Crippen LogP contribution < -0.4 is 5.32 Å². The van der Waals surface area contributed by atoms with Gasteiger partial charge in [-0.25, -0.2) is 0 Å². The second kappa shape index (κ2) is 6.73. The van der Waals surface area contributed by atoms with Crippen LogP contribution in [0, 0.1) is 11.3 Å². The Balaban J connectivity index is 2.09. The highest BCUT2D eigenvalue weighted by Crippen LogP contribution is 2.54. The Bertz CT molecular complexity index is 558. The summed E-state index contributed by atoms with van der Waals surface area (Å²) in [5.41, 5.74) is 0.924. The number of benzene rings is 1. The van der Waals surface area contributed by atoms with Crippen LogP contribution in [0.2, 0.25) is 0 Å². The molecular formula is C17H23NO3S. The molecular weight excluding hydrogens is 298 g/mol. The molecule has 1 amide bonds. The van der Waals surface area contributed by atoms with Gasteiger partial charge in [0, 0.05) is 10.8 Å². The van der Waals surface area contributed by atoms with Crippen LogP contribution in [0.1, 0.15) is 44.7 Å². The number of hydrogen-bond acceptors (Lipinski definition) is 3. The normalized spacial score (nSPS) is 24.6. The minimum Gasteiger partial charge on any atom is -0.481 e. The third kappa shape index (κ3) is 3.83. The van der Waals surface area contributed by atoms with Crippen molar-refractivity contribution in [2.75, 3.05) is 6.26 Å². The van der Waals surface area contributed by atoms with E-state index in [1.54, 1.807) is 11.8 Å². The van der Waals surface area contributed by atoms with Gasteiger partial charge in [0.05, 0.1) is 12.5 Å². The first kappa shape index (κ1) is 16.9. The topological polar surface area (TPSA) is 66.4 Å². The Morgan fingerprint density at radius 2 is 2.05 bits per heavy atom. The number of rotatable bonds is 7. The van der Waals surface area contributed by atoms with Crippen LogP contribution in [0.4, 0.5) is 0 Å². The van der Waals surface area contributed by atoms with E-state index in [-0.39, 0.29) is 23.7 Å². The molecule has 0 saturated heterocycles. The van der Waals surface area contributed by atoms with Gasteiger partial charge < -0.3 is 10.4 Å². The van der Waals surface area contributed by atoms with E-state index in [1.807, 2.05) is 30.5 Å². The van der Waals surface area contributed by atoms with E-state index < -0.39 is 12.0 Å². The summed E-state index contributed by atoms with van der Waals surface area (Å²) in [6, 6.07) is 7.22. The van der Waals surface area contributed by atoms with Gasteiger partial charge in [-0.3, -0.25) is 9.59 Å². The van der Waals surface area contributed by atoms with Crippen molar-refractivity contribution in [3.63, 3.8) is 0 Å². The average molecular weight is 321 g/mol. The van der Waals surface area contributed by atoms with Crippen molar-refractivity contribution in [3.05, 3.63) is 29.8 Å². The van der Waals surface area contributed by atoms with Crippen molar-refractivity contribution in [2.45, 2.75) is 44.0 Å². The Morgan fingerprint density at radius 3 is 2.50 bits per heavy atom. The summed E-state index contributed by atoms with van der Waals surface area (Å²) in [6.45, 7) is 4.19. The molecule has 120 valence electrons. The van der Waals surface area contributed by atoms with Crippen LogP contribution in [0.5, 0.6) is 0 Å². The summed E-state index contributed by atoms with van der Waals surface area (Å²) < 4.78 is 0. The average Bonchev–Trinajstić information content (AvgIpc) is 3.19. The maximum Gasteiger partial charge on any atom is 0.305 e. The summed E-state index contributed by atoms with van der Waals surface area (Å²) in [4.78, 5) is 24.6. The van der Waals surface area contributed by atoms with Gasteiger partial charge in [-0.05, 0) is 42.2 Å². The molecule has 2 rings (SSSR count). The molecule has 0 radical (unpaired) electrons. The maximum absolute atomic E-state index is 12.4. The second-order valence-electron chi connectivity index (χ2n) is 6.20. The van der Waals surface area contributed by atoms with Crippen molar-refractivity contribution >= 4 is 23.6 Å². The predicted octanol–water partition coefficient (Wildman–Crippen LogP) is 3.48. The molecule has 1 fully saturated rings. The van der Waals surface area contributed by atoms with Gasteiger partial charge in [0.2, 0.25) is 5.91 Å². The van der Waals surface area contributed by atoms with Crippen molar-refractivity contribution in [3.8, 4) is 0 Å². The van der Waals surface area contributed by atoms with Crippen LogP contribution >= 0.6 is 11.8 Å². The highest BCUT2D eigenvalue weighted by atomic mass is 32.2. The Morgan fingerprint density at radius 1 is 1.41 bits per heavy atom. The third-order valence-corrected chi connectivity index (χ3v) is 5.43. The summed E-state index contributed by atoms with van der Waals surface area (Å²) >= 11 is 1.63. The minimum absolute atomic E-state index is 0.0132. The first-order valence-electron chi connectivity index (χ1n) is 7.55. The van der Waals surface area contributed by atoms with E-state index in [0.29, 0.717) is 0 Å². The van der Waals surface area contributed by atoms with Gasteiger partial charge in [0.15, 0.2) is 0 Å². The summed E-state index contributed by atoms with van der Waals surface area (Å²) in [5.74, 6) is -0.919. The molecule has 0 bridgehead atoms. The lowest BCUT2D eigenvalue weighted by molar-refractivity contribution is -0.137. The van der Waals surface area contributed by atoms with Crippen LogP contribution in [-0.2, 0) is 9.59 Å². The molecule has 0 aromatic heterocycles. The van der Waals surface area contributed by atoms with E-state index in [0.717, 1.165) is 23.3 Å². The molecule has 0 spiro atoms. The zero-order valence-corrected chi connectivity index (χ0v) is 14.1. The monoisotopic (exact) mass is 321 g/mol. The Labute approximate surface area is 135 Å². The molecule has 1 saturated carbocycles. The molecule has 4 nitrogen and oxygen atoms in total. The fraction of sp³-hybridized carbons (Fsp3) is 0.529. The number of carboxylic acids is 1. The standard InChI is InChI=1S/C17H23NO3S/c1-4-17(2)10-13(17)16(21)18-14(9-15(19)20)11-5-7-12(22-3)8-6-11/h5-8,13-14H,4,9-10H2,1-3H3,(H,18,21)(H,19,20). The van der Waals surface area contributed by atoms with Crippen molar-refractivity contribution in [1.82, 2.24) is 5.32 Å². The third-order valence-electron chi connectivity index (χ3n) is 4.69. The molecule has 1 aromatic carbocycles. The largest absolute Gasteiger partial charge is 0.481 e. The summed E-state index contributed by atoms with van der Waals surface area (Å²) in [7, 11) is 0. The van der Waals surface area contributed by atoms with E-state index in [2.05, 4.69) is 19.2 Å². The number of carbonyl (C=O) groups excluding carboxylic acids is 1. The van der Waals surface area contributed by atoms with Gasteiger partial charge in [-0.15, -0.1) is 11.8 Å². The molecule has 3 unspecified atom stereocenters. The van der Waals surface area contributed by atoms with Crippen molar-refractivity contribution < 1.29 is 14.7 Å². The van der Waals surface area contributed by atoms with Gasteiger partial charge in [0.1, 0.15) is 0 Å². The Kier molecular flexibility index (Phi) is 5.16. The van der Waals surface area contributed by atoms with Gasteiger partial charge in [-0.1, -0.05) is 26.0 Å². The number of carbonyl (C=O) groups is 2. The molecule has 1 aromatic rings. The highest BCUT2D eigenvalue weighted by Gasteiger charge is 2.53. The summed E-state index contributed by atoms with van der Waals surface area (Å²) in [5, 5.41) is 12.0. The zero-order valence-electron chi connectivity index (χ0n) is 13.3. The maximum atomic E-state index is 12.4. The van der Waals surface area contributed by atoms with Crippen LogP contribution in [0.3, 0.4) is 0 Å². The molecule has 22 heavy (non-hydrogen) atoms. The molecule has 5 heteroatoms. The number of amides is 1. The Hall–Kier alpha value is -1.49. The molecule has 0 aliphatic heterocycles. The quantitative estimate of drug-likeness (QED) is 0.755. The number of nitrogens with one attached hydrogen (secondary N) is 1. The van der Waals surface area contributed by atoms with Crippen LogP contribution in [0.15, 0.2) is 29.2 Å². The van der Waals surface area contributed by atoms with E-state index in [4.69, 9.17) is 5.11 Å². The molecule has 1 aliphatic rings. The van der Waals surface area contributed by atoms with Crippen molar-refractivity contribution in [1.29, 1.82) is 0 Å². The molecule has 0 heterocycles. The smallest absolute Gasteiger partial charge is 0.305 e. The van der Waals surface area contributed by atoms with Gasteiger partial charge in [0.25, 0.3) is 0 Å². The number of hydrogen-bond donors (Lipinski definition) is 2. The van der Waals surface area contributed by atoms with E-state index >= 15 is 0 Å². The van der Waals surface area contributed by atoms with E-state index in [1.165, 1.54) is 0 Å². The van der Waals surface area contributed by atoms with E-state index in [9.17, 15) is 9.59 Å². The van der Waals surface area contributed by atoms with Crippen LogP contribution in [-0.4, -0.2) is 23.2 Å². The van der Waals surface area contributed by atoms with Crippen molar-refractivity contribution in [2.24, 2.45) is 11.3 Å². The van der Waals surface area contributed by atoms with Gasteiger partial charge >= 0.3 is 5.97 Å². The number of carboxylic acid groups (broad SMARTS) is 1. The number of aliphatic carboxylic acids is 1. The van der Waals surface area contributed by atoms with Gasteiger partial charge in [-0.2, -0.15) is 0 Å². The molecule has 2 N–H and O–H groups in total. The number of thioether (sulfide) groups is 1. The fourth-order valence-electron chi connectivity index (χ4n) is 2.74. The molecule has 3 atom stereocenters. The predicted molar refractivity (Wildman–Crippen MR) is 87.9 cm³/mol. The minimum atomic E-state index is -0.909. The second-order valence-corrected chi connectivity index (χ2v) is 7.08. The fourth-order valence-corrected chi connectivity index (χ4v) is 3.15. The van der Waals surface area contributed by atoms with Crippen LogP contribution in [0.25, 0.3) is 0 Å².